The van der Waals surface area contributed by atoms with Crippen molar-refractivity contribution in [2.75, 3.05) is 0 Å². The van der Waals surface area contributed by atoms with Gasteiger partial charge in [0.15, 0.2) is 0 Å². The predicted octanol–water partition coefficient (Wildman–Crippen LogP) is 3.62. The number of hydrogen-bond acceptors (Lipinski definition) is 3. The molecule has 0 aliphatic heterocycles. The molecule has 0 radical (unpaired) electrons. The minimum absolute atomic E-state index is 0.468. The highest BCUT2D eigenvalue weighted by molar-refractivity contribution is 7.74. The van der Waals surface area contributed by atoms with Gasteiger partial charge in [0.1, 0.15) is 5.75 Å². The summed E-state index contributed by atoms with van der Waals surface area (Å²) in [7, 11) is 0. The molecule has 0 aliphatic rings. The van der Waals surface area contributed by atoms with Crippen LogP contribution in [-0.4, -0.2) is 15.1 Å². The molecule has 2 aromatic rings. The second-order valence-corrected chi connectivity index (χ2v) is 4.76. The SMILES string of the molecule is CCC(Oc1ccccc1-c1ccccc1)OS(=O)O. The predicted molar refractivity (Wildman–Crippen MR) is 78.4 cm³/mol. The lowest BCUT2D eigenvalue weighted by Gasteiger charge is -2.18. The lowest BCUT2D eigenvalue weighted by atomic mass is 10.1. The normalized spacial score (nSPS) is 13.7. The molecule has 2 aromatic carbocycles. The quantitative estimate of drug-likeness (QED) is 0.652. The van der Waals surface area contributed by atoms with Crippen LogP contribution >= 0.6 is 0 Å². The van der Waals surface area contributed by atoms with E-state index in [4.69, 9.17) is 13.5 Å². The van der Waals surface area contributed by atoms with Gasteiger partial charge in [-0.3, -0.25) is 4.55 Å². The lowest BCUT2D eigenvalue weighted by Crippen LogP contribution is -2.20. The van der Waals surface area contributed by atoms with Crippen molar-refractivity contribution in [2.24, 2.45) is 0 Å². The fourth-order valence-electron chi connectivity index (χ4n) is 1.83. The Morgan fingerprint density at radius 1 is 1.10 bits per heavy atom. The van der Waals surface area contributed by atoms with Crippen molar-refractivity contribution < 1.29 is 17.7 Å². The Kier molecular flexibility index (Phi) is 5.29. The highest BCUT2D eigenvalue weighted by atomic mass is 32.2. The fourth-order valence-corrected chi connectivity index (χ4v) is 2.19. The summed E-state index contributed by atoms with van der Waals surface area (Å²) in [5.74, 6) is 0.621. The summed E-state index contributed by atoms with van der Waals surface area (Å²) in [6.45, 7) is 1.82. The Labute approximate surface area is 120 Å². The van der Waals surface area contributed by atoms with Gasteiger partial charge in [0, 0.05) is 12.0 Å². The average Bonchev–Trinajstić information content (AvgIpc) is 2.47. The van der Waals surface area contributed by atoms with Crippen LogP contribution in [0.25, 0.3) is 11.1 Å². The van der Waals surface area contributed by atoms with Crippen LogP contribution in [0.3, 0.4) is 0 Å². The van der Waals surface area contributed by atoms with Crippen LogP contribution in [-0.2, 0) is 15.5 Å². The zero-order valence-electron chi connectivity index (χ0n) is 11.1. The van der Waals surface area contributed by atoms with Crippen molar-refractivity contribution in [1.29, 1.82) is 0 Å². The zero-order valence-corrected chi connectivity index (χ0v) is 11.9. The Bertz CT molecular complexity index is 571. The van der Waals surface area contributed by atoms with Crippen molar-refractivity contribution in [3.63, 3.8) is 0 Å². The molecule has 0 fully saturated rings. The Hall–Kier alpha value is -1.69. The van der Waals surface area contributed by atoms with Gasteiger partial charge in [-0.25, -0.2) is 4.18 Å². The lowest BCUT2D eigenvalue weighted by molar-refractivity contribution is 0.00808. The van der Waals surface area contributed by atoms with E-state index < -0.39 is 17.7 Å². The molecule has 2 atom stereocenters. The van der Waals surface area contributed by atoms with Crippen LogP contribution in [0.1, 0.15) is 13.3 Å². The van der Waals surface area contributed by atoms with Gasteiger partial charge < -0.3 is 4.74 Å². The van der Waals surface area contributed by atoms with Crippen LogP contribution in [0.15, 0.2) is 54.6 Å². The Morgan fingerprint density at radius 2 is 1.75 bits per heavy atom. The van der Waals surface area contributed by atoms with Crippen molar-refractivity contribution in [2.45, 2.75) is 19.6 Å². The van der Waals surface area contributed by atoms with E-state index in [0.717, 1.165) is 11.1 Å². The maximum absolute atomic E-state index is 10.7. The van der Waals surface area contributed by atoms with Gasteiger partial charge in [-0.2, -0.15) is 4.21 Å². The standard InChI is InChI=1S/C15H16O4S/c1-2-15(19-20(16)17)18-14-11-7-6-10-13(14)12-8-4-3-5-9-12/h3-11,15H,2H2,1H3,(H,16,17). The van der Waals surface area contributed by atoms with E-state index in [-0.39, 0.29) is 0 Å². The van der Waals surface area contributed by atoms with Gasteiger partial charge >= 0.3 is 11.4 Å². The minimum atomic E-state index is -2.35. The summed E-state index contributed by atoms with van der Waals surface area (Å²) < 4.78 is 30.0. The first-order chi connectivity index (χ1) is 9.70. The summed E-state index contributed by atoms with van der Waals surface area (Å²) >= 11 is -2.35. The average molecular weight is 292 g/mol. The van der Waals surface area contributed by atoms with Gasteiger partial charge in [-0.1, -0.05) is 55.5 Å². The second kappa shape index (κ2) is 7.19. The molecule has 4 nitrogen and oxygen atoms in total. The number of hydrogen-bond donors (Lipinski definition) is 1. The smallest absolute Gasteiger partial charge is 0.305 e. The van der Waals surface area contributed by atoms with Crippen molar-refractivity contribution in [3.05, 3.63) is 54.6 Å². The third kappa shape index (κ3) is 3.90. The van der Waals surface area contributed by atoms with Crippen molar-refractivity contribution >= 4 is 11.4 Å². The number of para-hydroxylation sites is 1. The van der Waals surface area contributed by atoms with Gasteiger partial charge in [0.05, 0.1) is 0 Å². The van der Waals surface area contributed by atoms with Crippen LogP contribution in [0.4, 0.5) is 0 Å². The molecule has 0 spiro atoms. The van der Waals surface area contributed by atoms with Gasteiger partial charge in [0.2, 0.25) is 6.29 Å². The molecule has 2 rings (SSSR count). The molecule has 5 heteroatoms. The molecule has 20 heavy (non-hydrogen) atoms. The first-order valence-electron chi connectivity index (χ1n) is 6.29. The molecule has 0 saturated heterocycles. The van der Waals surface area contributed by atoms with Crippen LogP contribution in [0, 0.1) is 0 Å². The van der Waals surface area contributed by atoms with E-state index in [1.807, 2.05) is 61.5 Å². The summed E-state index contributed by atoms with van der Waals surface area (Å²) in [6.07, 6.45) is -0.291. The summed E-state index contributed by atoms with van der Waals surface area (Å²) in [6, 6.07) is 17.3. The molecule has 2 unspecified atom stereocenters. The van der Waals surface area contributed by atoms with E-state index in [0.29, 0.717) is 12.2 Å². The largest absolute Gasteiger partial charge is 0.463 e. The fraction of sp³-hybridized carbons (Fsp3) is 0.200. The van der Waals surface area contributed by atoms with Crippen LogP contribution < -0.4 is 4.74 Å². The third-order valence-corrected chi connectivity index (χ3v) is 3.13. The molecule has 0 saturated carbocycles. The Morgan fingerprint density at radius 3 is 2.40 bits per heavy atom. The summed E-state index contributed by atoms with van der Waals surface area (Å²) in [5.41, 5.74) is 1.93. The van der Waals surface area contributed by atoms with E-state index in [1.54, 1.807) is 0 Å². The molecule has 0 bridgehead atoms. The molecule has 1 N–H and O–H groups in total. The molecule has 0 aromatic heterocycles. The van der Waals surface area contributed by atoms with Crippen LogP contribution in [0.5, 0.6) is 5.75 Å². The van der Waals surface area contributed by atoms with Crippen molar-refractivity contribution in [3.8, 4) is 16.9 Å². The van der Waals surface area contributed by atoms with Crippen LogP contribution in [0.2, 0.25) is 0 Å². The minimum Gasteiger partial charge on any atom is -0.463 e. The topological polar surface area (TPSA) is 55.8 Å². The molecule has 0 aliphatic carbocycles. The summed E-state index contributed by atoms with van der Waals surface area (Å²) in [5, 5.41) is 0. The van der Waals surface area contributed by atoms with Gasteiger partial charge in [0.25, 0.3) is 0 Å². The molecule has 0 heterocycles. The highest BCUT2D eigenvalue weighted by Gasteiger charge is 2.14. The van der Waals surface area contributed by atoms with E-state index >= 15 is 0 Å². The summed E-state index contributed by atoms with van der Waals surface area (Å²) in [4.78, 5) is 0. The Balaban J connectivity index is 2.26. The van der Waals surface area contributed by atoms with E-state index in [9.17, 15) is 4.21 Å². The first-order valence-corrected chi connectivity index (χ1v) is 7.33. The second-order valence-electron chi connectivity index (χ2n) is 4.13. The van der Waals surface area contributed by atoms with E-state index in [2.05, 4.69) is 0 Å². The molecular weight excluding hydrogens is 276 g/mol. The molecule has 0 amide bonds. The maximum atomic E-state index is 10.7. The van der Waals surface area contributed by atoms with Gasteiger partial charge in [-0.15, -0.1) is 0 Å². The monoisotopic (exact) mass is 292 g/mol. The zero-order chi connectivity index (χ0) is 14.4. The van der Waals surface area contributed by atoms with E-state index in [1.165, 1.54) is 0 Å². The first kappa shape index (κ1) is 14.7. The number of rotatable bonds is 6. The number of benzene rings is 2. The maximum Gasteiger partial charge on any atom is 0.305 e. The molecule has 106 valence electrons. The molecular formula is C15H16O4S. The number of ether oxygens (including phenoxy) is 1. The highest BCUT2D eigenvalue weighted by Crippen LogP contribution is 2.30. The van der Waals surface area contributed by atoms with Gasteiger partial charge in [-0.05, 0) is 11.6 Å². The third-order valence-electron chi connectivity index (χ3n) is 2.75. The van der Waals surface area contributed by atoms with Crippen molar-refractivity contribution in [1.82, 2.24) is 0 Å².